The summed E-state index contributed by atoms with van der Waals surface area (Å²) in [6.45, 7) is 2.71. The molecule has 20 heavy (non-hydrogen) atoms. The summed E-state index contributed by atoms with van der Waals surface area (Å²) in [6.07, 6.45) is 2.42. The molecule has 4 heteroatoms. The third kappa shape index (κ3) is 2.70. The van der Waals surface area contributed by atoms with Crippen molar-refractivity contribution < 1.29 is 4.79 Å². The molecule has 2 N–H and O–H groups in total. The van der Waals surface area contributed by atoms with Crippen LogP contribution in [0.15, 0.2) is 42.6 Å². The van der Waals surface area contributed by atoms with Gasteiger partial charge in [0.05, 0.1) is 6.04 Å². The number of fused-ring (bicyclic) bond motifs is 1. The summed E-state index contributed by atoms with van der Waals surface area (Å²) in [6, 6.07) is 11.8. The lowest BCUT2D eigenvalue weighted by atomic mass is 9.95. The molecule has 0 spiro atoms. The maximum atomic E-state index is 12.3. The topological polar surface area (TPSA) is 54.0 Å². The van der Waals surface area contributed by atoms with E-state index < -0.39 is 0 Å². The summed E-state index contributed by atoms with van der Waals surface area (Å²) < 4.78 is 0. The molecule has 0 bridgehead atoms. The molecule has 2 heterocycles. The number of nitrogens with one attached hydrogen (secondary N) is 2. The minimum absolute atomic E-state index is 0.0300. The summed E-state index contributed by atoms with van der Waals surface area (Å²) in [5.74, 6) is 0.577. The monoisotopic (exact) mass is 267 g/mol. The zero-order valence-electron chi connectivity index (χ0n) is 11.4. The maximum absolute atomic E-state index is 12.3. The van der Waals surface area contributed by atoms with E-state index in [9.17, 15) is 4.79 Å². The van der Waals surface area contributed by atoms with Gasteiger partial charge in [0.25, 0.3) is 0 Å². The van der Waals surface area contributed by atoms with Crippen molar-refractivity contribution in [1.82, 2.24) is 10.3 Å². The van der Waals surface area contributed by atoms with E-state index in [0.29, 0.717) is 12.2 Å². The lowest BCUT2D eigenvalue weighted by Crippen LogP contribution is -2.44. The Morgan fingerprint density at radius 3 is 2.90 bits per heavy atom. The molecule has 1 unspecified atom stereocenters. The number of carbonyl (C=O) groups is 1. The molecule has 0 aliphatic carbocycles. The molecule has 1 atom stereocenters. The minimum Gasteiger partial charge on any atom is -0.309 e. The van der Waals surface area contributed by atoms with Crippen LogP contribution >= 0.6 is 0 Å². The van der Waals surface area contributed by atoms with E-state index >= 15 is 0 Å². The number of carbonyl (C=O) groups excluding carboxylic acids is 1. The van der Waals surface area contributed by atoms with Gasteiger partial charge in [-0.25, -0.2) is 4.98 Å². The third-order valence-corrected chi connectivity index (χ3v) is 3.56. The van der Waals surface area contributed by atoms with Gasteiger partial charge in [-0.1, -0.05) is 24.3 Å². The van der Waals surface area contributed by atoms with Crippen molar-refractivity contribution in [3.05, 3.63) is 59.3 Å². The van der Waals surface area contributed by atoms with E-state index in [0.717, 1.165) is 12.1 Å². The van der Waals surface area contributed by atoms with Gasteiger partial charge < -0.3 is 10.6 Å². The van der Waals surface area contributed by atoms with Crippen molar-refractivity contribution >= 4 is 11.7 Å². The molecule has 1 aromatic carbocycles. The van der Waals surface area contributed by atoms with Gasteiger partial charge in [-0.05, 0) is 42.2 Å². The van der Waals surface area contributed by atoms with Crippen LogP contribution in [-0.2, 0) is 17.8 Å². The third-order valence-electron chi connectivity index (χ3n) is 3.56. The highest BCUT2D eigenvalue weighted by molar-refractivity contribution is 5.94. The number of amides is 1. The van der Waals surface area contributed by atoms with Gasteiger partial charge in [-0.2, -0.15) is 0 Å². The van der Waals surface area contributed by atoms with Gasteiger partial charge in [-0.3, -0.25) is 4.79 Å². The standard InChI is InChI=1S/C16H17N3O/c1-11-6-7-17-15(8-11)19-16(20)14-9-12-4-2-3-5-13(12)10-18-14/h2-8,14,18H,9-10H2,1H3,(H,17,19,20). The Balaban J connectivity index is 1.70. The molecule has 3 rings (SSSR count). The van der Waals surface area contributed by atoms with Crippen LogP contribution in [0.3, 0.4) is 0 Å². The van der Waals surface area contributed by atoms with E-state index in [1.807, 2.05) is 31.2 Å². The van der Waals surface area contributed by atoms with E-state index in [1.54, 1.807) is 6.20 Å². The highest BCUT2D eigenvalue weighted by Crippen LogP contribution is 2.17. The number of benzene rings is 1. The quantitative estimate of drug-likeness (QED) is 0.875. The molecule has 2 aromatic rings. The highest BCUT2D eigenvalue weighted by atomic mass is 16.2. The first-order valence-electron chi connectivity index (χ1n) is 6.76. The zero-order chi connectivity index (χ0) is 13.9. The molecule has 102 valence electrons. The Kier molecular flexibility index (Phi) is 3.48. The van der Waals surface area contributed by atoms with Crippen LogP contribution in [0.1, 0.15) is 16.7 Å². The lowest BCUT2D eigenvalue weighted by molar-refractivity contribution is -0.118. The van der Waals surface area contributed by atoms with Crippen molar-refractivity contribution in [2.24, 2.45) is 0 Å². The van der Waals surface area contributed by atoms with Crippen LogP contribution in [0.25, 0.3) is 0 Å². The molecule has 4 nitrogen and oxygen atoms in total. The molecule has 1 aliphatic rings. The highest BCUT2D eigenvalue weighted by Gasteiger charge is 2.23. The number of anilines is 1. The Morgan fingerprint density at radius 1 is 1.30 bits per heavy atom. The molecule has 0 saturated heterocycles. The first-order chi connectivity index (χ1) is 9.72. The van der Waals surface area contributed by atoms with E-state index in [4.69, 9.17) is 0 Å². The predicted molar refractivity (Wildman–Crippen MR) is 78.4 cm³/mol. The molecule has 1 amide bonds. The summed E-state index contributed by atoms with van der Waals surface area (Å²) in [7, 11) is 0. The first kappa shape index (κ1) is 12.8. The average molecular weight is 267 g/mol. The smallest absolute Gasteiger partial charge is 0.243 e. The fraction of sp³-hybridized carbons (Fsp3) is 0.250. The van der Waals surface area contributed by atoms with Crippen LogP contribution in [0.4, 0.5) is 5.82 Å². The van der Waals surface area contributed by atoms with Gasteiger partial charge in [-0.15, -0.1) is 0 Å². The van der Waals surface area contributed by atoms with Crippen LogP contribution in [0, 0.1) is 6.92 Å². The van der Waals surface area contributed by atoms with E-state index in [-0.39, 0.29) is 11.9 Å². The Bertz CT molecular complexity index is 639. The van der Waals surface area contributed by atoms with Crippen LogP contribution in [0.5, 0.6) is 0 Å². The number of hydrogen-bond acceptors (Lipinski definition) is 3. The van der Waals surface area contributed by atoms with E-state index in [1.165, 1.54) is 11.1 Å². The second-order valence-electron chi connectivity index (χ2n) is 5.11. The van der Waals surface area contributed by atoms with Crippen molar-refractivity contribution in [3.63, 3.8) is 0 Å². The average Bonchev–Trinajstić information content (AvgIpc) is 2.47. The number of aryl methyl sites for hydroxylation is 1. The number of rotatable bonds is 2. The molecule has 1 aromatic heterocycles. The number of nitrogens with zero attached hydrogens (tertiary/aromatic N) is 1. The van der Waals surface area contributed by atoms with Crippen LogP contribution < -0.4 is 10.6 Å². The van der Waals surface area contributed by atoms with Crippen LogP contribution in [0.2, 0.25) is 0 Å². The molecule has 0 radical (unpaired) electrons. The van der Waals surface area contributed by atoms with Gasteiger partial charge in [0.15, 0.2) is 0 Å². The van der Waals surface area contributed by atoms with Crippen molar-refractivity contribution in [2.45, 2.75) is 25.9 Å². The van der Waals surface area contributed by atoms with Gasteiger partial charge in [0.2, 0.25) is 5.91 Å². The van der Waals surface area contributed by atoms with Gasteiger partial charge in [0, 0.05) is 12.7 Å². The van der Waals surface area contributed by atoms with Crippen molar-refractivity contribution in [2.75, 3.05) is 5.32 Å². The minimum atomic E-state index is -0.202. The fourth-order valence-corrected chi connectivity index (χ4v) is 2.46. The number of hydrogen-bond donors (Lipinski definition) is 2. The first-order valence-corrected chi connectivity index (χ1v) is 6.76. The summed E-state index contributed by atoms with van der Waals surface area (Å²) >= 11 is 0. The van der Waals surface area contributed by atoms with Gasteiger partial charge >= 0.3 is 0 Å². The number of aromatic nitrogens is 1. The lowest BCUT2D eigenvalue weighted by Gasteiger charge is -2.25. The maximum Gasteiger partial charge on any atom is 0.243 e. The Labute approximate surface area is 118 Å². The second kappa shape index (κ2) is 5.43. The zero-order valence-corrected chi connectivity index (χ0v) is 11.4. The fourth-order valence-electron chi connectivity index (χ4n) is 2.46. The van der Waals surface area contributed by atoms with Crippen molar-refractivity contribution in [1.29, 1.82) is 0 Å². The molecular weight excluding hydrogens is 250 g/mol. The van der Waals surface area contributed by atoms with Gasteiger partial charge in [0.1, 0.15) is 5.82 Å². The predicted octanol–water partition coefficient (Wildman–Crippen LogP) is 2.04. The molecule has 1 aliphatic heterocycles. The molecule has 0 fully saturated rings. The number of pyridine rings is 1. The van der Waals surface area contributed by atoms with E-state index in [2.05, 4.69) is 27.8 Å². The Morgan fingerprint density at radius 2 is 2.10 bits per heavy atom. The molecule has 0 saturated carbocycles. The summed E-state index contributed by atoms with van der Waals surface area (Å²) in [4.78, 5) is 16.4. The largest absolute Gasteiger partial charge is 0.309 e. The normalized spacial score (nSPS) is 17.4. The van der Waals surface area contributed by atoms with Crippen molar-refractivity contribution in [3.8, 4) is 0 Å². The second-order valence-corrected chi connectivity index (χ2v) is 5.11. The summed E-state index contributed by atoms with van der Waals surface area (Å²) in [5, 5.41) is 6.14. The Hall–Kier alpha value is -2.20. The summed E-state index contributed by atoms with van der Waals surface area (Å²) in [5.41, 5.74) is 3.59. The van der Waals surface area contributed by atoms with Crippen LogP contribution in [-0.4, -0.2) is 16.9 Å². The molecular formula is C16H17N3O. The SMILES string of the molecule is Cc1ccnc(NC(=O)C2Cc3ccccc3CN2)c1.